The number of carbonyl (C=O) groups excluding carboxylic acids is 2. The van der Waals surface area contributed by atoms with Gasteiger partial charge in [-0.2, -0.15) is 0 Å². The first-order valence-electron chi connectivity index (χ1n) is 6.44. The van der Waals surface area contributed by atoms with Gasteiger partial charge in [-0.05, 0) is 45.9 Å². The third-order valence-corrected chi connectivity index (χ3v) is 2.64. The minimum atomic E-state index is -0.791. The average molecular weight is 314 g/mol. The first kappa shape index (κ1) is 17.1. The van der Waals surface area contributed by atoms with Crippen LogP contribution in [0.2, 0.25) is 5.02 Å². The van der Waals surface area contributed by atoms with Crippen LogP contribution in [0.25, 0.3) is 0 Å². The second kappa shape index (κ2) is 6.67. The van der Waals surface area contributed by atoms with Crippen molar-refractivity contribution in [1.29, 1.82) is 0 Å². The van der Waals surface area contributed by atoms with E-state index in [9.17, 15) is 9.59 Å². The lowest BCUT2D eigenvalue weighted by atomic mass is 10.2. The molecule has 0 aliphatic carbocycles. The van der Waals surface area contributed by atoms with Gasteiger partial charge >= 0.3 is 6.09 Å². The van der Waals surface area contributed by atoms with Crippen LogP contribution in [0.4, 0.5) is 16.2 Å². The molecule has 21 heavy (non-hydrogen) atoms. The predicted octanol–water partition coefficient (Wildman–Crippen LogP) is 2.77. The lowest BCUT2D eigenvalue weighted by Crippen LogP contribution is -2.43. The standard InChI is InChI=1S/C14H20ClN3O3/c1-8(12(19)18-13(20)21-14(2,3)4)17-11-7-9(15)5-6-10(11)16/h5-8,17H,16H2,1-4H3,(H,18,19,20)/t8-/m0/s1. The van der Waals surface area contributed by atoms with Crippen molar-refractivity contribution in [3.05, 3.63) is 23.2 Å². The Kier molecular flexibility index (Phi) is 5.43. The molecule has 0 fully saturated rings. The maximum absolute atomic E-state index is 11.9. The van der Waals surface area contributed by atoms with Crippen LogP contribution in [0.1, 0.15) is 27.7 Å². The van der Waals surface area contributed by atoms with Crippen LogP contribution in [0, 0.1) is 0 Å². The highest BCUT2D eigenvalue weighted by atomic mass is 35.5. The first-order chi connectivity index (χ1) is 9.58. The molecule has 1 aromatic rings. The molecule has 0 unspecified atom stereocenters. The first-order valence-corrected chi connectivity index (χ1v) is 6.81. The second-order valence-corrected chi connectivity index (χ2v) is 6.03. The van der Waals surface area contributed by atoms with E-state index in [1.807, 2.05) is 0 Å². The summed E-state index contributed by atoms with van der Waals surface area (Å²) in [5.74, 6) is -0.524. The van der Waals surface area contributed by atoms with E-state index in [1.165, 1.54) is 0 Å². The Hall–Kier alpha value is -1.95. The minimum absolute atomic E-state index is 0.455. The Morgan fingerprint density at radius 3 is 2.52 bits per heavy atom. The van der Waals surface area contributed by atoms with E-state index in [4.69, 9.17) is 22.1 Å². The van der Waals surface area contributed by atoms with Crippen molar-refractivity contribution >= 4 is 35.0 Å². The number of hydrogen-bond donors (Lipinski definition) is 3. The van der Waals surface area contributed by atoms with E-state index < -0.39 is 23.6 Å². The van der Waals surface area contributed by atoms with Crippen molar-refractivity contribution in [1.82, 2.24) is 5.32 Å². The summed E-state index contributed by atoms with van der Waals surface area (Å²) in [6.07, 6.45) is -0.791. The van der Waals surface area contributed by atoms with Crippen LogP contribution >= 0.6 is 11.6 Å². The molecule has 0 spiro atoms. The van der Waals surface area contributed by atoms with Crippen molar-refractivity contribution < 1.29 is 14.3 Å². The van der Waals surface area contributed by atoms with Crippen molar-refractivity contribution in [3.63, 3.8) is 0 Å². The summed E-state index contributed by atoms with van der Waals surface area (Å²) in [4.78, 5) is 23.4. The number of alkyl carbamates (subject to hydrolysis) is 1. The molecule has 0 bridgehead atoms. The zero-order valence-corrected chi connectivity index (χ0v) is 13.2. The maximum Gasteiger partial charge on any atom is 0.414 e. The van der Waals surface area contributed by atoms with Crippen molar-refractivity contribution in [3.8, 4) is 0 Å². The second-order valence-electron chi connectivity index (χ2n) is 5.59. The molecule has 0 aliphatic rings. The summed E-state index contributed by atoms with van der Waals surface area (Å²) in [6, 6.07) is 4.20. The fourth-order valence-corrected chi connectivity index (χ4v) is 1.64. The van der Waals surface area contributed by atoms with Gasteiger partial charge in [0.15, 0.2) is 0 Å². The Labute approximate surface area is 129 Å². The molecule has 1 aromatic carbocycles. The Morgan fingerprint density at radius 1 is 1.33 bits per heavy atom. The number of nitrogens with two attached hydrogens (primary N) is 1. The van der Waals surface area contributed by atoms with E-state index in [-0.39, 0.29) is 0 Å². The number of halogens is 1. The molecular weight excluding hydrogens is 294 g/mol. The number of rotatable bonds is 3. The predicted molar refractivity (Wildman–Crippen MR) is 83.3 cm³/mol. The molecule has 1 rings (SSSR count). The van der Waals surface area contributed by atoms with Crippen LogP contribution in [0.15, 0.2) is 18.2 Å². The highest BCUT2D eigenvalue weighted by Crippen LogP contribution is 2.23. The van der Waals surface area contributed by atoms with Crippen LogP contribution in [0.3, 0.4) is 0 Å². The minimum Gasteiger partial charge on any atom is -0.444 e. The quantitative estimate of drug-likeness (QED) is 0.746. The van der Waals surface area contributed by atoms with Crippen LogP contribution < -0.4 is 16.4 Å². The summed E-state index contributed by atoms with van der Waals surface area (Å²) in [5, 5.41) is 5.54. The molecule has 0 heterocycles. The number of anilines is 2. The molecule has 0 saturated heterocycles. The highest BCUT2D eigenvalue weighted by molar-refractivity contribution is 6.31. The molecule has 0 aromatic heterocycles. The molecule has 0 aliphatic heterocycles. The summed E-state index contributed by atoms with van der Waals surface area (Å²) >= 11 is 5.87. The zero-order valence-electron chi connectivity index (χ0n) is 12.5. The van der Waals surface area contributed by atoms with Gasteiger partial charge in [0.25, 0.3) is 5.91 Å². The molecule has 0 saturated carbocycles. The lowest BCUT2D eigenvalue weighted by Gasteiger charge is -2.21. The van der Waals surface area contributed by atoms with E-state index >= 15 is 0 Å². The molecule has 4 N–H and O–H groups in total. The number of imide groups is 1. The topological polar surface area (TPSA) is 93.5 Å². The summed E-state index contributed by atoms with van der Waals surface area (Å²) in [7, 11) is 0. The van der Waals surface area contributed by atoms with E-state index in [0.717, 1.165) is 0 Å². The third kappa shape index (κ3) is 5.91. The highest BCUT2D eigenvalue weighted by Gasteiger charge is 2.21. The summed E-state index contributed by atoms with van der Waals surface area (Å²) in [5.41, 5.74) is 6.09. The molecule has 116 valence electrons. The van der Waals surface area contributed by atoms with E-state index in [1.54, 1.807) is 45.9 Å². The molecule has 0 radical (unpaired) electrons. The molecule has 6 nitrogen and oxygen atoms in total. The Balaban J connectivity index is 2.63. The van der Waals surface area contributed by atoms with Gasteiger partial charge < -0.3 is 15.8 Å². The van der Waals surface area contributed by atoms with Gasteiger partial charge in [-0.3, -0.25) is 10.1 Å². The Bertz CT molecular complexity index is 541. The van der Waals surface area contributed by atoms with Crippen molar-refractivity contribution in [2.24, 2.45) is 0 Å². The number of ether oxygens (including phenoxy) is 1. The van der Waals surface area contributed by atoms with Crippen LogP contribution in [-0.2, 0) is 9.53 Å². The SMILES string of the molecule is C[C@H](Nc1cc(Cl)ccc1N)C(=O)NC(=O)OC(C)(C)C. The fourth-order valence-electron chi connectivity index (χ4n) is 1.46. The van der Waals surface area contributed by atoms with Crippen molar-refractivity contribution in [2.75, 3.05) is 11.1 Å². The maximum atomic E-state index is 11.9. The molecular formula is C14H20ClN3O3. The zero-order chi connectivity index (χ0) is 16.2. The van der Waals surface area contributed by atoms with Gasteiger partial charge in [0, 0.05) is 5.02 Å². The molecule has 1 atom stereocenters. The number of nitrogens with one attached hydrogen (secondary N) is 2. The largest absolute Gasteiger partial charge is 0.444 e. The smallest absolute Gasteiger partial charge is 0.414 e. The number of nitrogen functional groups attached to an aromatic ring is 1. The number of benzene rings is 1. The van der Waals surface area contributed by atoms with Gasteiger partial charge in [0.1, 0.15) is 11.6 Å². The van der Waals surface area contributed by atoms with Gasteiger partial charge in [0.2, 0.25) is 0 Å². The fraction of sp³-hybridized carbons (Fsp3) is 0.429. The van der Waals surface area contributed by atoms with E-state index in [0.29, 0.717) is 16.4 Å². The lowest BCUT2D eigenvalue weighted by molar-refractivity contribution is -0.121. The van der Waals surface area contributed by atoms with Crippen LogP contribution in [-0.4, -0.2) is 23.6 Å². The normalized spacial score (nSPS) is 12.4. The van der Waals surface area contributed by atoms with Crippen molar-refractivity contribution in [2.45, 2.75) is 39.3 Å². The number of amides is 2. The number of carbonyl (C=O) groups is 2. The monoisotopic (exact) mass is 313 g/mol. The Morgan fingerprint density at radius 2 is 1.95 bits per heavy atom. The van der Waals surface area contributed by atoms with Gasteiger partial charge in [-0.25, -0.2) is 4.79 Å². The molecule has 2 amide bonds. The van der Waals surface area contributed by atoms with Gasteiger partial charge in [-0.15, -0.1) is 0 Å². The molecule has 7 heteroatoms. The van der Waals surface area contributed by atoms with Gasteiger partial charge in [-0.1, -0.05) is 11.6 Å². The van der Waals surface area contributed by atoms with Gasteiger partial charge in [0.05, 0.1) is 11.4 Å². The summed E-state index contributed by atoms with van der Waals surface area (Å²) in [6.45, 7) is 6.74. The third-order valence-electron chi connectivity index (χ3n) is 2.40. The number of hydrogen-bond acceptors (Lipinski definition) is 5. The van der Waals surface area contributed by atoms with E-state index in [2.05, 4.69) is 10.6 Å². The average Bonchev–Trinajstić information content (AvgIpc) is 2.31. The summed E-state index contributed by atoms with van der Waals surface area (Å²) < 4.78 is 5.01. The van der Waals surface area contributed by atoms with Crippen LogP contribution in [0.5, 0.6) is 0 Å².